The van der Waals surface area contributed by atoms with Gasteiger partial charge in [0.1, 0.15) is 12.2 Å². The number of fused-ring (bicyclic) bond motifs is 7. The maximum atomic E-state index is 17.5. The lowest BCUT2D eigenvalue weighted by Gasteiger charge is -2.62. The van der Waals surface area contributed by atoms with Gasteiger partial charge >= 0.3 is 11.7 Å². The summed E-state index contributed by atoms with van der Waals surface area (Å²) < 4.78 is 64.3. The molecule has 2 heterocycles. The van der Waals surface area contributed by atoms with E-state index in [2.05, 4.69) is 0 Å². The second-order valence-electron chi connectivity index (χ2n) is 13.7. The number of carbonyl (C=O) groups is 4. The van der Waals surface area contributed by atoms with Crippen molar-refractivity contribution in [2.24, 2.45) is 22.7 Å². The van der Waals surface area contributed by atoms with Crippen LogP contribution in [-0.2, 0) is 28.6 Å². The number of aliphatic hydroxyl groups excluding tert-OH is 1. The van der Waals surface area contributed by atoms with Gasteiger partial charge in [-0.3, -0.25) is 24.0 Å². The molecule has 1 aromatic rings. The number of H-pyrrole nitrogens is 1. The smallest absolute Gasteiger partial charge is 0.335 e. The van der Waals surface area contributed by atoms with Gasteiger partial charge in [-0.05, 0) is 51.2 Å². The highest BCUT2D eigenvalue weighted by atomic mass is 19.1. The van der Waals surface area contributed by atoms with Crippen LogP contribution in [0.2, 0.25) is 0 Å². The number of nitrogens with one attached hydrogen (secondary N) is 1. The van der Waals surface area contributed by atoms with E-state index in [0.717, 1.165) is 0 Å². The third-order valence-electron chi connectivity index (χ3n) is 10.9. The van der Waals surface area contributed by atoms with Crippen molar-refractivity contribution < 1.29 is 51.7 Å². The van der Waals surface area contributed by atoms with Crippen LogP contribution in [0.3, 0.4) is 0 Å². The number of hydrogen-bond acceptors (Lipinski definition) is 10. The molecule has 12 nitrogen and oxygen atoms in total. The van der Waals surface area contributed by atoms with E-state index < -0.39 is 112 Å². The molecule has 1 aromatic heterocycles. The predicted molar refractivity (Wildman–Crippen MR) is 149 cm³/mol. The van der Waals surface area contributed by atoms with Gasteiger partial charge in [0.2, 0.25) is 17.5 Å². The molecule has 6 rings (SSSR count). The second kappa shape index (κ2) is 10.2. The molecule has 0 spiro atoms. The van der Waals surface area contributed by atoms with Crippen LogP contribution in [0.15, 0.2) is 39.3 Å². The van der Waals surface area contributed by atoms with Gasteiger partial charge in [-0.1, -0.05) is 13.0 Å². The largest absolute Gasteiger partial charge is 0.457 e. The number of esters is 1. The zero-order valence-corrected chi connectivity index (χ0v) is 25.5. The highest BCUT2D eigenvalue weighted by Crippen LogP contribution is 2.72. The standard InChI is InChI=1S/C31H33F3N2O10/c1-27(2)45-22-9-15-16-8-18(32)17-7-14(37)5-6-28(17,3)30(16,34)20(38)11-29(15,4)31(22,46-27)21(39)13-44-24(41)10-23(40)36-25(42)19(33)12-35-26(36)43/h5-6,12,15-16,20,22,38H,7-11,13H2,1-4H3,(H,35,43)/t15?,16?,20-,22+,28-,29-,30-,31+/m0/s1. The average molecular weight is 651 g/mol. The van der Waals surface area contributed by atoms with E-state index in [9.17, 15) is 38.3 Å². The summed E-state index contributed by atoms with van der Waals surface area (Å²) in [5.74, 6) is -9.27. The minimum Gasteiger partial charge on any atom is -0.457 e. The number of nitrogens with zero attached hydrogens (tertiary/aromatic N) is 1. The van der Waals surface area contributed by atoms with E-state index in [-0.39, 0.29) is 35.2 Å². The Morgan fingerprint density at radius 2 is 1.83 bits per heavy atom. The number of ketones is 2. The quantitative estimate of drug-likeness (QED) is 0.355. The minimum atomic E-state index is -2.41. The van der Waals surface area contributed by atoms with E-state index in [1.165, 1.54) is 19.1 Å². The summed E-state index contributed by atoms with van der Waals surface area (Å²) in [6.07, 6.45) is -1.99. The molecule has 0 aromatic carbocycles. The first-order chi connectivity index (χ1) is 21.3. The van der Waals surface area contributed by atoms with Gasteiger partial charge in [-0.2, -0.15) is 8.96 Å². The summed E-state index contributed by atoms with van der Waals surface area (Å²) in [4.78, 5) is 76.9. The number of hydrogen-bond donors (Lipinski definition) is 2. The summed E-state index contributed by atoms with van der Waals surface area (Å²) >= 11 is 0. The Morgan fingerprint density at radius 3 is 2.52 bits per heavy atom. The van der Waals surface area contributed by atoms with Crippen molar-refractivity contribution in [3.8, 4) is 0 Å². The van der Waals surface area contributed by atoms with Crippen LogP contribution in [0.1, 0.15) is 64.6 Å². The Hall–Kier alpha value is -3.69. The number of aromatic amines is 1. The number of carbonyl (C=O) groups excluding carboxylic acids is 4. The molecule has 3 fully saturated rings. The zero-order valence-electron chi connectivity index (χ0n) is 25.5. The van der Waals surface area contributed by atoms with Gasteiger partial charge in [0.25, 0.3) is 5.56 Å². The first-order valence-corrected chi connectivity index (χ1v) is 14.9. The topological polar surface area (TPSA) is 171 Å². The van der Waals surface area contributed by atoms with Crippen molar-refractivity contribution in [1.82, 2.24) is 9.55 Å². The lowest BCUT2D eigenvalue weighted by molar-refractivity contribution is -0.244. The molecule has 46 heavy (non-hydrogen) atoms. The van der Waals surface area contributed by atoms with E-state index >= 15 is 8.78 Å². The second-order valence-corrected chi connectivity index (χ2v) is 13.7. The van der Waals surface area contributed by atoms with E-state index in [4.69, 9.17) is 14.2 Å². The predicted octanol–water partition coefficient (Wildman–Crippen LogP) is 1.99. The Kier molecular flexibility index (Phi) is 7.12. The van der Waals surface area contributed by atoms with Gasteiger partial charge in [0, 0.05) is 35.8 Å². The normalized spacial score (nSPS) is 38.9. The fraction of sp³-hybridized carbons (Fsp3) is 0.613. The lowest BCUT2D eigenvalue weighted by Crippen LogP contribution is -2.70. The van der Waals surface area contributed by atoms with Crippen LogP contribution >= 0.6 is 0 Å². The minimum absolute atomic E-state index is 0.0111. The van der Waals surface area contributed by atoms with Crippen molar-refractivity contribution in [1.29, 1.82) is 0 Å². The zero-order chi connectivity index (χ0) is 33.8. The van der Waals surface area contributed by atoms with Gasteiger partial charge < -0.3 is 24.3 Å². The number of aliphatic hydroxyl groups is 1. The van der Waals surface area contributed by atoms with E-state index in [1.54, 1.807) is 20.8 Å². The molecular formula is C31H33F3N2O10. The molecule has 0 bridgehead atoms. The highest BCUT2D eigenvalue weighted by Gasteiger charge is 2.80. The first kappa shape index (κ1) is 32.3. The molecular weight excluding hydrogens is 617 g/mol. The highest BCUT2D eigenvalue weighted by molar-refractivity contribution is 5.97. The van der Waals surface area contributed by atoms with Crippen molar-refractivity contribution >= 4 is 23.4 Å². The lowest BCUT2D eigenvalue weighted by atomic mass is 9.45. The number of aromatic nitrogens is 2. The third-order valence-corrected chi connectivity index (χ3v) is 10.9. The number of ether oxygens (including phenoxy) is 3. The molecule has 5 aliphatic rings. The number of allylic oxidation sites excluding steroid dienone is 4. The number of Topliss-reactive ketones (excluding diaryl/α,β-unsaturated/α-hetero) is 1. The van der Waals surface area contributed by atoms with Crippen LogP contribution < -0.4 is 11.2 Å². The van der Waals surface area contributed by atoms with Crippen LogP contribution in [0.25, 0.3) is 0 Å². The van der Waals surface area contributed by atoms with Crippen LogP contribution in [0.5, 0.6) is 0 Å². The van der Waals surface area contributed by atoms with Crippen LogP contribution in [0, 0.1) is 28.5 Å². The Bertz CT molecular complexity index is 1760. The van der Waals surface area contributed by atoms with E-state index in [0.29, 0.717) is 6.20 Å². The van der Waals surface area contributed by atoms with Crippen molar-refractivity contribution in [3.05, 3.63) is 56.4 Å². The van der Waals surface area contributed by atoms with Gasteiger partial charge in [-0.25, -0.2) is 13.6 Å². The Balaban J connectivity index is 1.30. The molecule has 2 saturated carbocycles. The fourth-order valence-corrected chi connectivity index (χ4v) is 8.96. The van der Waals surface area contributed by atoms with Crippen molar-refractivity contribution in [2.75, 3.05) is 6.61 Å². The number of halogens is 3. The van der Waals surface area contributed by atoms with Crippen molar-refractivity contribution in [2.45, 2.75) is 89.1 Å². The van der Waals surface area contributed by atoms with Crippen molar-refractivity contribution in [3.63, 3.8) is 0 Å². The molecule has 1 aliphatic heterocycles. The summed E-state index contributed by atoms with van der Waals surface area (Å²) in [6, 6.07) is 0. The SMILES string of the molecule is CC1(C)O[C@@H]2CC3C4CC(F)=C5CC(=O)C=C[C@]5(C)[C@@]4(F)[C@@H](O)C[C@]3(C)[C@]2(C(=O)COC(=O)CC(=O)n2c(=O)[nH]cc(F)c2=O)O1. The first-order valence-electron chi connectivity index (χ1n) is 14.9. The van der Waals surface area contributed by atoms with Gasteiger partial charge in [-0.15, -0.1) is 0 Å². The van der Waals surface area contributed by atoms with E-state index in [1.807, 2.05) is 4.98 Å². The van der Waals surface area contributed by atoms with Crippen LogP contribution in [-0.4, -0.2) is 74.0 Å². The molecule has 0 radical (unpaired) electrons. The van der Waals surface area contributed by atoms with Crippen LogP contribution in [0.4, 0.5) is 13.2 Å². The van der Waals surface area contributed by atoms with Gasteiger partial charge in [0.05, 0.1) is 12.2 Å². The number of rotatable bonds is 5. The molecule has 248 valence electrons. The summed E-state index contributed by atoms with van der Waals surface area (Å²) in [5, 5.41) is 11.6. The molecule has 8 atom stereocenters. The Labute approximate surface area is 259 Å². The summed E-state index contributed by atoms with van der Waals surface area (Å²) in [7, 11) is 0. The van der Waals surface area contributed by atoms with Gasteiger partial charge in [0.15, 0.2) is 29.4 Å². The maximum absolute atomic E-state index is 17.5. The summed E-state index contributed by atoms with van der Waals surface area (Å²) in [6.45, 7) is 5.22. The fourth-order valence-electron chi connectivity index (χ4n) is 8.96. The molecule has 2 N–H and O–H groups in total. The molecule has 15 heteroatoms. The molecule has 0 amide bonds. The summed E-state index contributed by atoms with van der Waals surface area (Å²) in [5.41, 5.74) is -10.2. The number of alkyl halides is 1. The molecule has 1 saturated heterocycles. The molecule has 2 unspecified atom stereocenters. The maximum Gasteiger partial charge on any atom is 0.335 e. The molecule has 4 aliphatic carbocycles. The Morgan fingerprint density at radius 1 is 1.13 bits per heavy atom. The third kappa shape index (κ3) is 4.16. The average Bonchev–Trinajstić information content (AvgIpc) is 3.38. The monoisotopic (exact) mass is 650 g/mol.